The molecular formula is C18H17N3. The third kappa shape index (κ3) is 2.92. The van der Waals surface area contributed by atoms with Gasteiger partial charge in [-0.1, -0.05) is 36.4 Å². The third-order valence-electron chi connectivity index (χ3n) is 3.51. The van der Waals surface area contributed by atoms with E-state index in [1.54, 1.807) is 0 Å². The second kappa shape index (κ2) is 5.75. The highest BCUT2D eigenvalue weighted by molar-refractivity contribution is 5.92. The molecule has 21 heavy (non-hydrogen) atoms. The monoisotopic (exact) mass is 275 g/mol. The van der Waals surface area contributed by atoms with Gasteiger partial charge in [0.2, 0.25) is 0 Å². The number of hydrogen-bond acceptors (Lipinski definition) is 2. The maximum Gasteiger partial charge on any atom is 0.0709 e. The first-order valence-electron chi connectivity index (χ1n) is 6.95. The van der Waals surface area contributed by atoms with Gasteiger partial charge < -0.3 is 0 Å². The van der Waals surface area contributed by atoms with Crippen molar-refractivity contribution in [3.63, 3.8) is 0 Å². The molecule has 0 spiro atoms. The van der Waals surface area contributed by atoms with Crippen LogP contribution >= 0.6 is 0 Å². The number of nitrogens with one attached hydrogen (secondary N) is 1. The Morgan fingerprint density at radius 3 is 1.81 bits per heavy atom. The molecule has 0 aliphatic rings. The number of nitrogens with zero attached hydrogens (tertiary/aromatic N) is 2. The van der Waals surface area contributed by atoms with E-state index in [9.17, 15) is 0 Å². The largest absolute Gasteiger partial charge is 0.283 e. The number of rotatable bonds is 0. The first-order chi connectivity index (χ1) is 10.2. The second-order valence-corrected chi connectivity index (χ2v) is 5.05. The summed E-state index contributed by atoms with van der Waals surface area (Å²) in [7, 11) is 0. The number of aryl methyl sites for hydroxylation is 2. The van der Waals surface area contributed by atoms with Crippen LogP contribution in [0.5, 0.6) is 0 Å². The molecule has 0 amide bonds. The molecule has 0 bridgehead atoms. The average Bonchev–Trinajstić information content (AvgIpc) is 2.89. The smallest absolute Gasteiger partial charge is 0.0709 e. The predicted molar refractivity (Wildman–Crippen MR) is 87.3 cm³/mol. The third-order valence-corrected chi connectivity index (χ3v) is 3.51. The fourth-order valence-corrected chi connectivity index (χ4v) is 2.13. The molecule has 0 aliphatic carbocycles. The summed E-state index contributed by atoms with van der Waals surface area (Å²) in [5.41, 5.74) is 4.50. The van der Waals surface area contributed by atoms with Crippen molar-refractivity contribution in [3.8, 4) is 0 Å². The molecule has 1 N–H and O–H groups in total. The highest BCUT2D eigenvalue weighted by Gasteiger charge is 1.96. The molecule has 0 atom stereocenters. The molecule has 0 saturated carbocycles. The fourth-order valence-electron chi connectivity index (χ4n) is 2.13. The lowest BCUT2D eigenvalue weighted by Crippen LogP contribution is -1.80. The van der Waals surface area contributed by atoms with Crippen LogP contribution in [0.15, 0.2) is 60.8 Å². The Kier molecular flexibility index (Phi) is 3.65. The topological polar surface area (TPSA) is 41.6 Å². The molecular weight excluding hydrogens is 258 g/mol. The molecule has 0 radical (unpaired) electrons. The normalized spacial score (nSPS) is 10.4. The summed E-state index contributed by atoms with van der Waals surface area (Å²) in [6.07, 6.45) is 1.81. The van der Waals surface area contributed by atoms with Crippen LogP contribution in [0.3, 0.4) is 0 Å². The average molecular weight is 275 g/mol. The predicted octanol–water partition coefficient (Wildman–Crippen LogP) is 4.41. The van der Waals surface area contributed by atoms with Crippen LogP contribution < -0.4 is 0 Å². The van der Waals surface area contributed by atoms with E-state index >= 15 is 0 Å². The molecule has 0 unspecified atom stereocenters. The van der Waals surface area contributed by atoms with Gasteiger partial charge in [-0.2, -0.15) is 5.10 Å². The van der Waals surface area contributed by atoms with Crippen molar-refractivity contribution in [2.24, 2.45) is 0 Å². The van der Waals surface area contributed by atoms with Gasteiger partial charge in [-0.25, -0.2) is 4.98 Å². The summed E-state index contributed by atoms with van der Waals surface area (Å²) < 4.78 is 0. The molecule has 0 aliphatic heterocycles. The van der Waals surface area contributed by atoms with E-state index < -0.39 is 0 Å². The number of para-hydroxylation sites is 2. The van der Waals surface area contributed by atoms with Crippen molar-refractivity contribution in [1.82, 2.24) is 15.2 Å². The van der Waals surface area contributed by atoms with E-state index in [0.29, 0.717) is 0 Å². The van der Waals surface area contributed by atoms with E-state index in [1.165, 1.54) is 16.3 Å². The van der Waals surface area contributed by atoms with E-state index in [-0.39, 0.29) is 0 Å². The van der Waals surface area contributed by atoms with Crippen LogP contribution in [0.25, 0.3) is 21.8 Å². The first kappa shape index (κ1) is 13.3. The number of H-pyrrole nitrogens is 1. The van der Waals surface area contributed by atoms with Gasteiger partial charge in [0.25, 0.3) is 0 Å². The fraction of sp³-hybridized carbons (Fsp3) is 0.111. The van der Waals surface area contributed by atoms with Gasteiger partial charge in [0.1, 0.15) is 0 Å². The zero-order chi connectivity index (χ0) is 14.7. The van der Waals surface area contributed by atoms with Gasteiger partial charge in [-0.05, 0) is 37.6 Å². The van der Waals surface area contributed by atoms with Gasteiger partial charge in [0.05, 0.1) is 17.2 Å². The summed E-state index contributed by atoms with van der Waals surface area (Å²) in [6, 6.07) is 18.6. The molecule has 3 heteroatoms. The minimum Gasteiger partial charge on any atom is -0.283 e. The molecule has 4 aromatic rings. The molecule has 2 aromatic heterocycles. The number of benzene rings is 2. The Labute approximate surface area is 123 Å². The van der Waals surface area contributed by atoms with Gasteiger partial charge in [-0.3, -0.25) is 5.10 Å². The number of aromatic amines is 1. The van der Waals surface area contributed by atoms with Crippen molar-refractivity contribution in [3.05, 3.63) is 72.1 Å². The quantitative estimate of drug-likeness (QED) is 0.483. The van der Waals surface area contributed by atoms with E-state index in [2.05, 4.69) is 33.4 Å². The first-order valence-corrected chi connectivity index (χ1v) is 6.95. The summed E-state index contributed by atoms with van der Waals surface area (Å²) >= 11 is 0. The van der Waals surface area contributed by atoms with Gasteiger partial charge in [0.15, 0.2) is 0 Å². The molecule has 2 aromatic carbocycles. The highest BCUT2D eigenvalue weighted by Crippen LogP contribution is 2.18. The molecule has 0 saturated heterocycles. The number of pyridine rings is 1. The van der Waals surface area contributed by atoms with Crippen LogP contribution in [0, 0.1) is 13.8 Å². The second-order valence-electron chi connectivity index (χ2n) is 5.05. The van der Waals surface area contributed by atoms with Gasteiger partial charge in [0, 0.05) is 16.5 Å². The molecule has 2 heterocycles. The van der Waals surface area contributed by atoms with Crippen molar-refractivity contribution >= 4 is 21.8 Å². The van der Waals surface area contributed by atoms with Crippen LogP contribution in [0.2, 0.25) is 0 Å². The number of aromatic nitrogens is 3. The van der Waals surface area contributed by atoms with E-state index in [1.807, 2.05) is 56.4 Å². The van der Waals surface area contributed by atoms with Crippen molar-refractivity contribution < 1.29 is 0 Å². The minimum atomic E-state index is 1.06. The lowest BCUT2D eigenvalue weighted by Gasteiger charge is -1.99. The Balaban J connectivity index is 0.000000160. The molecule has 3 nitrogen and oxygen atoms in total. The van der Waals surface area contributed by atoms with E-state index in [0.717, 1.165) is 16.7 Å². The zero-order valence-corrected chi connectivity index (χ0v) is 12.2. The summed E-state index contributed by atoms with van der Waals surface area (Å²) in [6.45, 7) is 4.03. The van der Waals surface area contributed by atoms with E-state index in [4.69, 9.17) is 0 Å². The number of hydrogen-bond donors (Lipinski definition) is 1. The van der Waals surface area contributed by atoms with Crippen LogP contribution in [0.4, 0.5) is 0 Å². The standard InChI is InChI=1S/C13H9N.C5H8N2/c1-3-7-12-10(5-1)9-11-6-2-4-8-13(11)14-12;1-4-3-6-7-5(4)2/h1-9H;3H,1-2H3,(H,6,7). The molecule has 104 valence electrons. The maximum atomic E-state index is 4.58. The van der Waals surface area contributed by atoms with Gasteiger partial charge >= 0.3 is 0 Å². The highest BCUT2D eigenvalue weighted by atomic mass is 15.1. The lowest BCUT2D eigenvalue weighted by atomic mass is 10.1. The van der Waals surface area contributed by atoms with Crippen molar-refractivity contribution in [1.29, 1.82) is 0 Å². The summed E-state index contributed by atoms with van der Waals surface area (Å²) in [4.78, 5) is 4.58. The Morgan fingerprint density at radius 2 is 1.38 bits per heavy atom. The number of fused-ring (bicyclic) bond motifs is 2. The Bertz CT molecular complexity index is 756. The maximum absolute atomic E-state index is 4.58. The zero-order valence-electron chi connectivity index (χ0n) is 12.2. The van der Waals surface area contributed by atoms with Crippen molar-refractivity contribution in [2.45, 2.75) is 13.8 Å². The van der Waals surface area contributed by atoms with Crippen molar-refractivity contribution in [2.75, 3.05) is 0 Å². The lowest BCUT2D eigenvalue weighted by molar-refractivity contribution is 1.04. The molecule has 4 rings (SSSR count). The molecule has 0 fully saturated rings. The van der Waals surface area contributed by atoms with Crippen LogP contribution in [0.1, 0.15) is 11.3 Å². The Morgan fingerprint density at radius 1 is 0.810 bits per heavy atom. The summed E-state index contributed by atoms with van der Waals surface area (Å²) in [5, 5.41) is 9.01. The van der Waals surface area contributed by atoms with Gasteiger partial charge in [-0.15, -0.1) is 0 Å². The van der Waals surface area contributed by atoms with Crippen LogP contribution in [-0.4, -0.2) is 15.2 Å². The van der Waals surface area contributed by atoms with Crippen LogP contribution in [-0.2, 0) is 0 Å². The Hall–Kier alpha value is -2.68. The summed E-state index contributed by atoms with van der Waals surface area (Å²) in [5.74, 6) is 0. The minimum absolute atomic E-state index is 1.06. The SMILES string of the molecule is Cc1cn[nH]c1C.c1ccc2nc3ccccc3cc2c1.